The zero-order valence-corrected chi connectivity index (χ0v) is 11.5. The van der Waals surface area contributed by atoms with Crippen LogP contribution in [0.2, 0.25) is 0 Å². The van der Waals surface area contributed by atoms with Crippen LogP contribution >= 0.6 is 0 Å². The largest absolute Gasteiger partial charge is 0.478 e. The molecule has 1 unspecified atom stereocenters. The van der Waals surface area contributed by atoms with Crippen molar-refractivity contribution in [2.45, 2.75) is 6.10 Å². The van der Waals surface area contributed by atoms with E-state index in [1.54, 1.807) is 0 Å². The predicted molar refractivity (Wildman–Crippen MR) is 71.2 cm³/mol. The van der Waals surface area contributed by atoms with E-state index in [2.05, 4.69) is 5.32 Å². The van der Waals surface area contributed by atoms with Crippen LogP contribution in [0.15, 0.2) is 12.1 Å². The van der Waals surface area contributed by atoms with E-state index in [1.807, 2.05) is 0 Å². The van der Waals surface area contributed by atoms with Crippen LogP contribution in [0, 0.1) is 15.9 Å². The fourth-order valence-electron chi connectivity index (χ4n) is 1.64. The number of carbonyl (C=O) groups is 1. The van der Waals surface area contributed by atoms with Crippen LogP contribution in [-0.4, -0.2) is 49.5 Å². The number of rotatable bonds is 8. The van der Waals surface area contributed by atoms with Crippen LogP contribution < -0.4 is 5.32 Å². The van der Waals surface area contributed by atoms with Gasteiger partial charge in [0, 0.05) is 20.8 Å². The van der Waals surface area contributed by atoms with Gasteiger partial charge in [-0.2, -0.15) is 0 Å². The van der Waals surface area contributed by atoms with Crippen LogP contribution in [0.1, 0.15) is 10.4 Å². The zero-order valence-electron chi connectivity index (χ0n) is 11.5. The minimum atomic E-state index is -1.51. The van der Waals surface area contributed by atoms with Crippen molar-refractivity contribution < 1.29 is 28.7 Å². The van der Waals surface area contributed by atoms with Gasteiger partial charge in [0.25, 0.3) is 5.69 Å². The molecule has 2 N–H and O–H groups in total. The number of methoxy groups -OCH3 is 2. The number of anilines is 1. The summed E-state index contributed by atoms with van der Waals surface area (Å²) in [5, 5.41) is 22.4. The molecule has 0 radical (unpaired) electrons. The number of halogens is 1. The molecule has 1 atom stereocenters. The van der Waals surface area contributed by atoms with Gasteiger partial charge in [0.05, 0.1) is 29.3 Å². The Morgan fingerprint density at radius 3 is 2.67 bits per heavy atom. The van der Waals surface area contributed by atoms with Crippen LogP contribution in [0.25, 0.3) is 0 Å². The highest BCUT2D eigenvalue weighted by Gasteiger charge is 2.22. The fraction of sp³-hybridized carbons (Fsp3) is 0.417. The summed E-state index contributed by atoms with van der Waals surface area (Å²) < 4.78 is 23.4. The highest BCUT2D eigenvalue weighted by atomic mass is 19.1. The highest BCUT2D eigenvalue weighted by molar-refractivity contribution is 5.90. The summed E-state index contributed by atoms with van der Waals surface area (Å²) in [4.78, 5) is 21.0. The maximum atomic E-state index is 13.5. The van der Waals surface area contributed by atoms with Crippen molar-refractivity contribution in [1.82, 2.24) is 0 Å². The molecule has 21 heavy (non-hydrogen) atoms. The summed E-state index contributed by atoms with van der Waals surface area (Å²) in [6.45, 7) is 0.375. The molecule has 8 nitrogen and oxygen atoms in total. The van der Waals surface area contributed by atoms with E-state index in [0.29, 0.717) is 6.07 Å². The van der Waals surface area contributed by atoms with Crippen molar-refractivity contribution in [2.75, 3.05) is 32.7 Å². The Labute approximate surface area is 119 Å². The predicted octanol–water partition coefficient (Wildman–Crippen LogP) is 1.51. The van der Waals surface area contributed by atoms with E-state index in [1.165, 1.54) is 14.2 Å². The van der Waals surface area contributed by atoms with Gasteiger partial charge in [0.1, 0.15) is 11.5 Å². The molecule has 0 aliphatic rings. The average Bonchev–Trinajstić information content (AvgIpc) is 2.43. The van der Waals surface area contributed by atoms with Gasteiger partial charge in [-0.25, -0.2) is 9.18 Å². The van der Waals surface area contributed by atoms with Gasteiger partial charge in [0.2, 0.25) is 0 Å². The summed E-state index contributed by atoms with van der Waals surface area (Å²) >= 11 is 0. The minimum absolute atomic E-state index is 0.100. The molecule has 0 amide bonds. The number of nitro groups is 1. The molecular formula is C12H15FN2O6. The molecule has 1 rings (SSSR count). The average molecular weight is 302 g/mol. The van der Waals surface area contributed by atoms with Gasteiger partial charge in [-0.3, -0.25) is 10.1 Å². The summed E-state index contributed by atoms with van der Waals surface area (Å²) in [5.41, 5.74) is -1.30. The molecule has 0 aliphatic heterocycles. The van der Waals surface area contributed by atoms with E-state index in [0.717, 1.165) is 6.07 Å². The molecule has 1 aromatic rings. The molecule has 0 spiro atoms. The van der Waals surface area contributed by atoms with Crippen molar-refractivity contribution in [1.29, 1.82) is 0 Å². The SMILES string of the molecule is COCC(CNc1cc(C(=O)O)c(F)cc1[N+](=O)[O-])OC. The first kappa shape index (κ1) is 16.8. The lowest BCUT2D eigenvalue weighted by Gasteiger charge is -2.16. The number of aromatic carboxylic acids is 1. The topological polar surface area (TPSA) is 111 Å². The third-order valence-electron chi connectivity index (χ3n) is 2.72. The van der Waals surface area contributed by atoms with Gasteiger partial charge in [-0.1, -0.05) is 0 Å². The number of ether oxygens (including phenoxy) is 2. The maximum Gasteiger partial charge on any atom is 0.338 e. The molecule has 116 valence electrons. The first-order valence-corrected chi connectivity index (χ1v) is 5.87. The Kier molecular flexibility index (Phi) is 6.00. The van der Waals surface area contributed by atoms with Crippen LogP contribution in [0.4, 0.5) is 15.8 Å². The van der Waals surface area contributed by atoms with Crippen LogP contribution in [0.5, 0.6) is 0 Å². The zero-order chi connectivity index (χ0) is 16.0. The first-order valence-electron chi connectivity index (χ1n) is 5.87. The number of nitrogens with one attached hydrogen (secondary N) is 1. The number of hydrogen-bond donors (Lipinski definition) is 2. The van der Waals surface area contributed by atoms with Crippen molar-refractivity contribution in [2.24, 2.45) is 0 Å². The molecule has 0 aromatic heterocycles. The second kappa shape index (κ2) is 7.50. The number of carboxylic acids is 1. The summed E-state index contributed by atoms with van der Waals surface area (Å²) in [6.07, 6.45) is -0.395. The van der Waals surface area contributed by atoms with Gasteiger partial charge < -0.3 is 19.9 Å². The van der Waals surface area contributed by atoms with Crippen LogP contribution in [0.3, 0.4) is 0 Å². The Balaban J connectivity index is 3.05. The molecule has 0 bridgehead atoms. The Morgan fingerprint density at radius 1 is 1.52 bits per heavy atom. The van der Waals surface area contributed by atoms with Gasteiger partial charge >= 0.3 is 5.97 Å². The van der Waals surface area contributed by atoms with E-state index >= 15 is 0 Å². The fourth-order valence-corrected chi connectivity index (χ4v) is 1.64. The summed E-state index contributed by atoms with van der Waals surface area (Å²) in [6, 6.07) is 1.46. The monoisotopic (exact) mass is 302 g/mol. The van der Waals surface area contributed by atoms with Crippen molar-refractivity contribution in [3.05, 3.63) is 33.6 Å². The molecule has 0 heterocycles. The smallest absolute Gasteiger partial charge is 0.338 e. The summed E-state index contributed by atoms with van der Waals surface area (Å²) in [5.74, 6) is -2.68. The second-order valence-corrected chi connectivity index (χ2v) is 4.11. The first-order chi connectivity index (χ1) is 9.90. The number of hydrogen-bond acceptors (Lipinski definition) is 6. The Hall–Kier alpha value is -2.26. The lowest BCUT2D eigenvalue weighted by molar-refractivity contribution is -0.384. The molecule has 0 saturated heterocycles. The third kappa shape index (κ3) is 4.36. The Bertz CT molecular complexity index is 537. The van der Waals surface area contributed by atoms with E-state index in [9.17, 15) is 19.3 Å². The number of nitro benzene ring substituents is 1. The molecule has 0 aliphatic carbocycles. The number of nitrogens with zero attached hydrogens (tertiary/aromatic N) is 1. The maximum absolute atomic E-state index is 13.5. The molecule has 0 fully saturated rings. The quantitative estimate of drug-likeness (QED) is 0.553. The molecule has 1 aromatic carbocycles. The van der Waals surface area contributed by atoms with Crippen molar-refractivity contribution >= 4 is 17.3 Å². The van der Waals surface area contributed by atoms with Gasteiger partial charge in [-0.05, 0) is 6.07 Å². The number of carboxylic acid groups (broad SMARTS) is 1. The minimum Gasteiger partial charge on any atom is -0.478 e. The van der Waals surface area contributed by atoms with Crippen molar-refractivity contribution in [3.63, 3.8) is 0 Å². The highest BCUT2D eigenvalue weighted by Crippen LogP contribution is 2.28. The molecular weight excluding hydrogens is 287 g/mol. The molecule has 9 heteroatoms. The second-order valence-electron chi connectivity index (χ2n) is 4.11. The molecule has 0 saturated carbocycles. The summed E-state index contributed by atoms with van der Waals surface area (Å²) in [7, 11) is 2.90. The van der Waals surface area contributed by atoms with Crippen molar-refractivity contribution in [3.8, 4) is 0 Å². The van der Waals surface area contributed by atoms with E-state index in [4.69, 9.17) is 14.6 Å². The number of benzene rings is 1. The van der Waals surface area contributed by atoms with Gasteiger partial charge in [-0.15, -0.1) is 0 Å². The van der Waals surface area contributed by atoms with Gasteiger partial charge in [0.15, 0.2) is 0 Å². The van der Waals surface area contributed by atoms with E-state index < -0.39 is 34.1 Å². The lowest BCUT2D eigenvalue weighted by atomic mass is 10.1. The lowest BCUT2D eigenvalue weighted by Crippen LogP contribution is -2.27. The standard InChI is InChI=1S/C12H15FN2O6/c1-20-6-7(21-2)5-14-10-3-8(12(16)17)9(13)4-11(10)15(18)19/h3-4,7,14H,5-6H2,1-2H3,(H,16,17). The van der Waals surface area contributed by atoms with Crippen LogP contribution in [-0.2, 0) is 9.47 Å². The third-order valence-corrected chi connectivity index (χ3v) is 2.72. The Morgan fingerprint density at radius 2 is 2.19 bits per heavy atom. The normalized spacial score (nSPS) is 12.0. The van der Waals surface area contributed by atoms with E-state index in [-0.39, 0.29) is 18.8 Å².